The Hall–Kier alpha value is -1.54. The van der Waals surface area contributed by atoms with E-state index in [1.807, 2.05) is 6.26 Å². The second-order valence-corrected chi connectivity index (χ2v) is 7.44. The topological polar surface area (TPSA) is 101 Å². The molecule has 0 unspecified atom stereocenters. The van der Waals surface area contributed by atoms with Crippen LogP contribution in [0.2, 0.25) is 0 Å². The zero-order valence-electron chi connectivity index (χ0n) is 11.7. The van der Waals surface area contributed by atoms with Crippen LogP contribution in [0.5, 0.6) is 0 Å². The highest BCUT2D eigenvalue weighted by Gasteiger charge is 2.20. The van der Waals surface area contributed by atoms with Crippen LogP contribution < -0.4 is 5.32 Å². The predicted molar refractivity (Wildman–Crippen MR) is 81.4 cm³/mol. The summed E-state index contributed by atoms with van der Waals surface area (Å²) in [5.74, 6) is -1.02. The molecule has 2 N–H and O–H groups in total. The zero-order chi connectivity index (χ0) is 16.0. The van der Waals surface area contributed by atoms with E-state index in [4.69, 9.17) is 5.11 Å². The number of aliphatic carboxylic acids is 1. The number of hydrogen-bond donors (Lipinski definition) is 2. The summed E-state index contributed by atoms with van der Waals surface area (Å²) in [5.41, 5.74) is 0.220. The van der Waals surface area contributed by atoms with Gasteiger partial charge in [-0.1, -0.05) is 0 Å². The number of carbonyl (C=O) groups excluding carboxylic acids is 1. The van der Waals surface area contributed by atoms with E-state index in [0.29, 0.717) is 12.2 Å². The first kappa shape index (κ1) is 17.5. The molecule has 0 heterocycles. The van der Waals surface area contributed by atoms with Crippen molar-refractivity contribution in [1.29, 1.82) is 0 Å². The first-order chi connectivity index (χ1) is 9.75. The Morgan fingerprint density at radius 2 is 1.86 bits per heavy atom. The molecule has 0 aromatic heterocycles. The second kappa shape index (κ2) is 7.46. The van der Waals surface area contributed by atoms with E-state index >= 15 is 0 Å². The van der Waals surface area contributed by atoms with Crippen molar-refractivity contribution < 1.29 is 23.1 Å². The van der Waals surface area contributed by atoms with Gasteiger partial charge in [0.05, 0.1) is 4.90 Å². The van der Waals surface area contributed by atoms with Crippen molar-refractivity contribution in [2.75, 3.05) is 18.3 Å². The molecule has 21 heavy (non-hydrogen) atoms. The van der Waals surface area contributed by atoms with Crippen LogP contribution >= 0.6 is 11.8 Å². The third kappa shape index (κ3) is 5.39. The van der Waals surface area contributed by atoms with Crippen molar-refractivity contribution in [2.24, 2.45) is 0 Å². The predicted octanol–water partition coefficient (Wildman–Crippen LogP) is 1.03. The van der Waals surface area contributed by atoms with Gasteiger partial charge in [0.1, 0.15) is 6.04 Å². The molecule has 0 aliphatic carbocycles. The Labute approximate surface area is 127 Å². The Bertz CT molecular complexity index is 610. The normalized spacial score (nSPS) is 12.7. The number of amides is 1. The minimum Gasteiger partial charge on any atom is -0.480 e. The van der Waals surface area contributed by atoms with Crippen LogP contribution in [0.15, 0.2) is 29.2 Å². The molecule has 1 aromatic rings. The maximum atomic E-state index is 12.0. The first-order valence-electron chi connectivity index (χ1n) is 6.08. The Morgan fingerprint density at radius 1 is 1.29 bits per heavy atom. The van der Waals surface area contributed by atoms with Gasteiger partial charge in [0.15, 0.2) is 9.84 Å². The van der Waals surface area contributed by atoms with Gasteiger partial charge in [0.2, 0.25) is 0 Å². The average molecular weight is 331 g/mol. The van der Waals surface area contributed by atoms with Crippen LogP contribution in [0.25, 0.3) is 0 Å². The zero-order valence-corrected chi connectivity index (χ0v) is 13.3. The lowest BCUT2D eigenvalue weighted by Gasteiger charge is -2.14. The molecule has 8 heteroatoms. The van der Waals surface area contributed by atoms with E-state index in [1.165, 1.54) is 36.0 Å². The van der Waals surface area contributed by atoms with Gasteiger partial charge in [-0.25, -0.2) is 13.2 Å². The number of carboxylic acids is 1. The van der Waals surface area contributed by atoms with Crippen LogP contribution in [0, 0.1) is 0 Å². The lowest BCUT2D eigenvalue weighted by Crippen LogP contribution is -2.41. The van der Waals surface area contributed by atoms with Gasteiger partial charge in [-0.15, -0.1) is 0 Å². The van der Waals surface area contributed by atoms with Crippen LogP contribution in [-0.4, -0.2) is 49.7 Å². The minimum atomic E-state index is -3.32. The number of benzene rings is 1. The molecule has 0 bridgehead atoms. The smallest absolute Gasteiger partial charge is 0.326 e. The Balaban J connectivity index is 2.81. The highest BCUT2D eigenvalue weighted by Crippen LogP contribution is 2.11. The quantitative estimate of drug-likeness (QED) is 0.774. The van der Waals surface area contributed by atoms with E-state index in [1.54, 1.807) is 0 Å². The van der Waals surface area contributed by atoms with Crippen molar-refractivity contribution in [2.45, 2.75) is 17.4 Å². The molecule has 0 aliphatic rings. The lowest BCUT2D eigenvalue weighted by atomic mass is 10.1. The number of carbonyl (C=O) groups is 2. The number of nitrogens with one attached hydrogen (secondary N) is 1. The van der Waals surface area contributed by atoms with Crippen molar-refractivity contribution in [3.63, 3.8) is 0 Å². The van der Waals surface area contributed by atoms with Crippen LogP contribution in [0.4, 0.5) is 0 Å². The number of sulfone groups is 1. The number of hydrogen-bond acceptors (Lipinski definition) is 5. The number of rotatable bonds is 7. The molecule has 0 saturated carbocycles. The van der Waals surface area contributed by atoms with Gasteiger partial charge in [-0.05, 0) is 42.7 Å². The first-order valence-corrected chi connectivity index (χ1v) is 9.37. The Morgan fingerprint density at radius 3 is 2.29 bits per heavy atom. The summed E-state index contributed by atoms with van der Waals surface area (Å²) in [6.45, 7) is 0. The van der Waals surface area contributed by atoms with E-state index in [9.17, 15) is 18.0 Å². The largest absolute Gasteiger partial charge is 0.480 e. The molecule has 1 aromatic carbocycles. The van der Waals surface area contributed by atoms with Crippen LogP contribution in [0.3, 0.4) is 0 Å². The fourth-order valence-electron chi connectivity index (χ4n) is 1.59. The van der Waals surface area contributed by atoms with Gasteiger partial charge in [-0.3, -0.25) is 4.79 Å². The molecular weight excluding hydrogens is 314 g/mol. The molecule has 0 aliphatic heterocycles. The molecule has 6 nitrogen and oxygen atoms in total. The molecule has 0 fully saturated rings. The Kier molecular flexibility index (Phi) is 6.22. The van der Waals surface area contributed by atoms with Crippen molar-refractivity contribution in [3.8, 4) is 0 Å². The minimum absolute atomic E-state index is 0.108. The molecule has 1 rings (SSSR count). The van der Waals surface area contributed by atoms with Crippen molar-refractivity contribution in [1.82, 2.24) is 5.32 Å². The van der Waals surface area contributed by atoms with E-state index in [2.05, 4.69) is 5.32 Å². The molecule has 1 amide bonds. The van der Waals surface area contributed by atoms with Crippen molar-refractivity contribution >= 4 is 33.5 Å². The highest BCUT2D eigenvalue weighted by molar-refractivity contribution is 7.98. The monoisotopic (exact) mass is 331 g/mol. The average Bonchev–Trinajstić information content (AvgIpc) is 2.42. The molecule has 1 atom stereocenters. The maximum Gasteiger partial charge on any atom is 0.326 e. The van der Waals surface area contributed by atoms with Gasteiger partial charge in [-0.2, -0.15) is 11.8 Å². The summed E-state index contributed by atoms with van der Waals surface area (Å²) < 4.78 is 22.6. The summed E-state index contributed by atoms with van der Waals surface area (Å²) in [5, 5.41) is 11.5. The number of carboxylic acid groups (broad SMARTS) is 1. The van der Waals surface area contributed by atoms with Gasteiger partial charge < -0.3 is 10.4 Å². The van der Waals surface area contributed by atoms with E-state index in [0.717, 1.165) is 6.26 Å². The summed E-state index contributed by atoms with van der Waals surface area (Å²) >= 11 is 1.49. The maximum absolute atomic E-state index is 12.0. The summed E-state index contributed by atoms with van der Waals surface area (Å²) in [6, 6.07) is 4.40. The fourth-order valence-corrected chi connectivity index (χ4v) is 2.69. The fraction of sp³-hybridized carbons (Fsp3) is 0.385. The number of thioether (sulfide) groups is 1. The van der Waals surface area contributed by atoms with Gasteiger partial charge in [0.25, 0.3) is 5.91 Å². The summed E-state index contributed by atoms with van der Waals surface area (Å²) in [7, 11) is -3.32. The third-order valence-electron chi connectivity index (χ3n) is 2.76. The summed E-state index contributed by atoms with van der Waals surface area (Å²) in [4.78, 5) is 23.1. The van der Waals surface area contributed by atoms with Gasteiger partial charge >= 0.3 is 5.97 Å². The lowest BCUT2D eigenvalue weighted by molar-refractivity contribution is -0.139. The van der Waals surface area contributed by atoms with Crippen LogP contribution in [0.1, 0.15) is 16.8 Å². The molecule has 0 radical (unpaired) electrons. The van der Waals surface area contributed by atoms with Crippen molar-refractivity contribution in [3.05, 3.63) is 29.8 Å². The third-order valence-corrected chi connectivity index (χ3v) is 4.53. The second-order valence-electron chi connectivity index (χ2n) is 4.44. The molecule has 0 spiro atoms. The summed E-state index contributed by atoms with van der Waals surface area (Å²) in [6.07, 6.45) is 3.25. The van der Waals surface area contributed by atoms with Crippen LogP contribution in [-0.2, 0) is 14.6 Å². The highest BCUT2D eigenvalue weighted by atomic mass is 32.2. The van der Waals surface area contributed by atoms with E-state index in [-0.39, 0.29) is 10.5 Å². The SMILES string of the molecule is CSCC[C@H](NC(=O)c1ccc(S(C)(=O)=O)cc1)C(=O)O. The molecular formula is C13H17NO5S2. The van der Waals surface area contributed by atoms with E-state index < -0.39 is 27.8 Å². The molecule has 116 valence electrons. The van der Waals surface area contributed by atoms with Gasteiger partial charge in [0, 0.05) is 11.8 Å². The molecule has 0 saturated heterocycles. The standard InChI is InChI=1S/C13H17NO5S2/c1-20-8-7-11(13(16)17)14-12(15)9-3-5-10(6-4-9)21(2,18)19/h3-6,11H,7-8H2,1-2H3,(H,14,15)(H,16,17)/t11-/m0/s1.